The maximum Gasteiger partial charge on any atom is 0.166 e. The van der Waals surface area contributed by atoms with Crippen molar-refractivity contribution in [1.82, 2.24) is 9.97 Å². The number of fused-ring (bicyclic) bond motifs is 3. The third-order valence-electron chi connectivity index (χ3n) is 4.03. The van der Waals surface area contributed by atoms with Gasteiger partial charge in [0.15, 0.2) is 5.82 Å². The highest BCUT2D eigenvalue weighted by Gasteiger charge is 2.22. The SMILES string of the molecule is Cc1cccc(-c2nc(N)c3c4c(sc3n2)CCC4)c1F. The molecule has 3 aromatic rings. The van der Waals surface area contributed by atoms with Crippen LogP contribution in [-0.4, -0.2) is 9.97 Å². The van der Waals surface area contributed by atoms with Crippen molar-refractivity contribution < 1.29 is 4.39 Å². The van der Waals surface area contributed by atoms with E-state index in [0.29, 0.717) is 22.8 Å². The molecule has 4 rings (SSSR count). The standard InChI is InChI=1S/C16H14FN3S/c1-8-4-2-6-10(13(8)17)15-19-14(18)12-9-5-3-7-11(9)21-16(12)20-15/h2,4,6H,3,5,7H2,1H3,(H2,18,19,20). The molecule has 0 spiro atoms. The fourth-order valence-corrected chi connectivity index (χ4v) is 4.23. The van der Waals surface area contributed by atoms with E-state index in [1.165, 1.54) is 16.9 Å². The summed E-state index contributed by atoms with van der Waals surface area (Å²) < 4.78 is 14.3. The molecule has 2 heterocycles. The number of anilines is 1. The second kappa shape index (κ2) is 4.49. The topological polar surface area (TPSA) is 51.8 Å². The van der Waals surface area contributed by atoms with Gasteiger partial charge in [0.25, 0.3) is 0 Å². The molecular formula is C16H14FN3S. The zero-order valence-corrected chi connectivity index (χ0v) is 12.4. The van der Waals surface area contributed by atoms with Crippen molar-refractivity contribution in [2.75, 3.05) is 5.73 Å². The molecule has 0 saturated carbocycles. The number of aryl methyl sites for hydroxylation is 3. The van der Waals surface area contributed by atoms with E-state index in [2.05, 4.69) is 9.97 Å². The van der Waals surface area contributed by atoms with E-state index in [-0.39, 0.29) is 5.82 Å². The average Bonchev–Trinajstić information content (AvgIpc) is 3.01. The van der Waals surface area contributed by atoms with E-state index in [1.807, 2.05) is 6.07 Å². The fourth-order valence-electron chi connectivity index (χ4n) is 2.96. The minimum absolute atomic E-state index is 0.277. The van der Waals surface area contributed by atoms with Gasteiger partial charge in [0.2, 0.25) is 0 Å². The molecule has 21 heavy (non-hydrogen) atoms. The molecule has 2 aromatic heterocycles. The summed E-state index contributed by atoms with van der Waals surface area (Å²) in [6.45, 7) is 1.74. The number of benzene rings is 1. The Labute approximate surface area is 125 Å². The first kappa shape index (κ1) is 12.7. The number of rotatable bonds is 1. The number of hydrogen-bond donors (Lipinski definition) is 1. The summed E-state index contributed by atoms with van der Waals surface area (Å²) in [5, 5.41) is 0.976. The Hall–Kier alpha value is -2.01. The molecule has 106 valence electrons. The predicted molar refractivity (Wildman–Crippen MR) is 84.0 cm³/mol. The van der Waals surface area contributed by atoms with Crippen LogP contribution >= 0.6 is 11.3 Å². The lowest BCUT2D eigenvalue weighted by atomic mass is 10.1. The van der Waals surface area contributed by atoms with Crippen molar-refractivity contribution in [3.05, 3.63) is 40.0 Å². The van der Waals surface area contributed by atoms with Crippen LogP contribution in [0.2, 0.25) is 0 Å². The van der Waals surface area contributed by atoms with E-state index in [1.54, 1.807) is 30.4 Å². The summed E-state index contributed by atoms with van der Waals surface area (Å²) in [6, 6.07) is 5.25. The van der Waals surface area contributed by atoms with Crippen LogP contribution < -0.4 is 5.73 Å². The number of nitrogens with zero attached hydrogens (tertiary/aromatic N) is 2. The van der Waals surface area contributed by atoms with E-state index in [4.69, 9.17) is 5.73 Å². The number of hydrogen-bond acceptors (Lipinski definition) is 4. The highest BCUT2D eigenvalue weighted by atomic mass is 32.1. The van der Waals surface area contributed by atoms with Gasteiger partial charge in [0, 0.05) is 4.88 Å². The number of halogens is 1. The van der Waals surface area contributed by atoms with Crippen LogP contribution in [0.4, 0.5) is 10.2 Å². The predicted octanol–water partition coefficient (Wildman–Crippen LogP) is 3.88. The second-order valence-electron chi connectivity index (χ2n) is 5.41. The summed E-state index contributed by atoms with van der Waals surface area (Å²) >= 11 is 1.67. The maximum atomic E-state index is 14.3. The van der Waals surface area contributed by atoms with Gasteiger partial charge in [-0.1, -0.05) is 12.1 Å². The summed E-state index contributed by atoms with van der Waals surface area (Å²) in [4.78, 5) is 11.1. The van der Waals surface area contributed by atoms with Gasteiger partial charge < -0.3 is 5.73 Å². The lowest BCUT2D eigenvalue weighted by Crippen LogP contribution is -1.99. The molecule has 0 fully saturated rings. The molecule has 0 aliphatic heterocycles. The highest BCUT2D eigenvalue weighted by Crippen LogP contribution is 2.39. The van der Waals surface area contributed by atoms with Crippen LogP contribution in [0.5, 0.6) is 0 Å². The Kier molecular flexibility index (Phi) is 2.72. The normalized spacial score (nSPS) is 13.8. The van der Waals surface area contributed by atoms with Crippen molar-refractivity contribution in [2.45, 2.75) is 26.2 Å². The van der Waals surface area contributed by atoms with Crippen molar-refractivity contribution in [3.63, 3.8) is 0 Å². The molecule has 0 atom stereocenters. The molecule has 1 aliphatic carbocycles. The van der Waals surface area contributed by atoms with Gasteiger partial charge in [-0.25, -0.2) is 14.4 Å². The lowest BCUT2D eigenvalue weighted by Gasteiger charge is -2.06. The Morgan fingerprint density at radius 2 is 2.10 bits per heavy atom. The molecular weight excluding hydrogens is 285 g/mol. The molecule has 0 saturated heterocycles. The molecule has 1 aromatic carbocycles. The number of thiophene rings is 1. The van der Waals surface area contributed by atoms with Crippen molar-refractivity contribution >= 4 is 27.4 Å². The van der Waals surface area contributed by atoms with Gasteiger partial charge in [-0.2, -0.15) is 0 Å². The maximum absolute atomic E-state index is 14.3. The summed E-state index contributed by atoms with van der Waals surface area (Å²) in [7, 11) is 0. The first-order valence-corrected chi connectivity index (χ1v) is 7.80. The average molecular weight is 299 g/mol. The van der Waals surface area contributed by atoms with Crippen LogP contribution in [-0.2, 0) is 12.8 Å². The van der Waals surface area contributed by atoms with Gasteiger partial charge in [-0.05, 0) is 43.4 Å². The largest absolute Gasteiger partial charge is 0.383 e. The quantitative estimate of drug-likeness (QED) is 0.742. The van der Waals surface area contributed by atoms with Crippen molar-refractivity contribution in [3.8, 4) is 11.4 Å². The molecule has 0 radical (unpaired) electrons. The van der Waals surface area contributed by atoms with Crippen LogP contribution in [0.3, 0.4) is 0 Å². The first-order valence-electron chi connectivity index (χ1n) is 6.98. The zero-order valence-electron chi connectivity index (χ0n) is 11.6. The van der Waals surface area contributed by atoms with Crippen LogP contribution in [0.15, 0.2) is 18.2 Å². The van der Waals surface area contributed by atoms with Gasteiger partial charge in [0.05, 0.1) is 10.9 Å². The van der Waals surface area contributed by atoms with E-state index < -0.39 is 0 Å². The molecule has 0 amide bonds. The third-order valence-corrected chi connectivity index (χ3v) is 5.21. The number of aromatic nitrogens is 2. The van der Waals surface area contributed by atoms with Crippen LogP contribution in [0.25, 0.3) is 21.6 Å². The van der Waals surface area contributed by atoms with E-state index in [9.17, 15) is 4.39 Å². The minimum Gasteiger partial charge on any atom is -0.383 e. The number of nitrogens with two attached hydrogens (primary N) is 1. The van der Waals surface area contributed by atoms with Crippen molar-refractivity contribution in [1.29, 1.82) is 0 Å². The first-order chi connectivity index (χ1) is 10.1. The highest BCUT2D eigenvalue weighted by molar-refractivity contribution is 7.19. The summed E-state index contributed by atoms with van der Waals surface area (Å²) in [6.07, 6.45) is 3.30. The monoisotopic (exact) mass is 299 g/mol. The smallest absolute Gasteiger partial charge is 0.166 e. The van der Waals surface area contributed by atoms with Gasteiger partial charge >= 0.3 is 0 Å². The molecule has 0 bridgehead atoms. The number of nitrogen functional groups attached to an aromatic ring is 1. The molecule has 2 N–H and O–H groups in total. The van der Waals surface area contributed by atoms with Crippen molar-refractivity contribution in [2.24, 2.45) is 0 Å². The Bertz CT molecular complexity index is 870. The Morgan fingerprint density at radius 3 is 2.95 bits per heavy atom. The van der Waals surface area contributed by atoms with Crippen LogP contribution in [0, 0.1) is 12.7 Å². The molecule has 3 nitrogen and oxygen atoms in total. The summed E-state index contributed by atoms with van der Waals surface area (Å²) in [5.74, 6) is 0.566. The summed E-state index contributed by atoms with van der Waals surface area (Å²) in [5.41, 5.74) is 8.43. The molecule has 5 heteroatoms. The lowest BCUT2D eigenvalue weighted by molar-refractivity contribution is 0.621. The van der Waals surface area contributed by atoms with Gasteiger partial charge in [-0.15, -0.1) is 11.3 Å². The molecule has 1 aliphatic rings. The van der Waals surface area contributed by atoms with E-state index >= 15 is 0 Å². The Balaban J connectivity index is 1.97. The fraction of sp³-hybridized carbons (Fsp3) is 0.250. The van der Waals surface area contributed by atoms with Gasteiger partial charge in [0.1, 0.15) is 16.5 Å². The second-order valence-corrected chi connectivity index (χ2v) is 6.49. The Morgan fingerprint density at radius 1 is 1.24 bits per heavy atom. The third kappa shape index (κ3) is 1.84. The minimum atomic E-state index is -0.277. The molecule has 0 unspecified atom stereocenters. The van der Waals surface area contributed by atoms with Gasteiger partial charge in [-0.3, -0.25) is 0 Å². The van der Waals surface area contributed by atoms with Crippen LogP contribution in [0.1, 0.15) is 22.4 Å². The zero-order chi connectivity index (χ0) is 14.6. The van der Waals surface area contributed by atoms with E-state index in [0.717, 1.165) is 23.1 Å².